The maximum atomic E-state index is 12.8. The summed E-state index contributed by atoms with van der Waals surface area (Å²) in [6, 6.07) is 16.6. The highest BCUT2D eigenvalue weighted by Gasteiger charge is 2.27. The van der Waals surface area contributed by atoms with E-state index in [9.17, 15) is 9.59 Å². The summed E-state index contributed by atoms with van der Waals surface area (Å²) >= 11 is 6.00. The van der Waals surface area contributed by atoms with Crippen LogP contribution in [-0.2, 0) is 9.59 Å². The maximum Gasteiger partial charge on any atom is 0.227 e. The molecule has 2 aliphatic rings. The van der Waals surface area contributed by atoms with E-state index in [1.54, 1.807) is 6.92 Å². The molecule has 170 valence electrons. The van der Waals surface area contributed by atoms with E-state index in [1.807, 2.05) is 24.3 Å². The van der Waals surface area contributed by atoms with Gasteiger partial charge < -0.3 is 15.5 Å². The molecule has 1 heterocycles. The predicted octanol–water partition coefficient (Wildman–Crippen LogP) is 5.01. The zero-order valence-corrected chi connectivity index (χ0v) is 19.4. The van der Waals surface area contributed by atoms with E-state index in [-0.39, 0.29) is 17.6 Å². The molecule has 1 atom stereocenters. The molecular weight excluding hydrogens is 422 g/mol. The fraction of sp³-hybridized carbons (Fsp3) is 0.462. The van der Waals surface area contributed by atoms with Crippen molar-refractivity contribution in [2.75, 3.05) is 29.9 Å². The van der Waals surface area contributed by atoms with Gasteiger partial charge in [0, 0.05) is 41.4 Å². The first-order chi connectivity index (χ1) is 15.5. The number of Topliss-reactive ketones (excluding diaryl/α,β-unsaturated/α-hetero) is 1. The summed E-state index contributed by atoms with van der Waals surface area (Å²) < 4.78 is 0. The molecule has 2 fully saturated rings. The molecule has 1 saturated heterocycles. The van der Waals surface area contributed by atoms with E-state index in [4.69, 9.17) is 11.6 Å². The molecular formula is C26H32ClN3O2. The van der Waals surface area contributed by atoms with Gasteiger partial charge in [-0.2, -0.15) is 0 Å². The number of halogens is 1. The van der Waals surface area contributed by atoms with Gasteiger partial charge in [0.2, 0.25) is 5.91 Å². The SMILES string of the molecule is CC(=O)CNC1CCN(c2ccc(NC(=O)C3CCC(c4ccc(Cl)cc4)CC3)cc2)C1. The predicted molar refractivity (Wildman–Crippen MR) is 131 cm³/mol. The average molecular weight is 454 g/mol. The minimum atomic E-state index is 0.0740. The molecule has 4 rings (SSSR count). The van der Waals surface area contributed by atoms with Crippen molar-refractivity contribution in [2.45, 2.75) is 51.0 Å². The Morgan fingerprint density at radius 1 is 0.969 bits per heavy atom. The summed E-state index contributed by atoms with van der Waals surface area (Å²) in [5.74, 6) is 0.888. The Bertz CT molecular complexity index is 921. The third-order valence-corrected chi connectivity index (χ3v) is 7.02. The molecule has 1 unspecified atom stereocenters. The lowest BCUT2D eigenvalue weighted by molar-refractivity contribution is -0.121. The molecule has 0 radical (unpaired) electrons. The van der Waals surface area contributed by atoms with Crippen LogP contribution in [0, 0.1) is 5.92 Å². The van der Waals surface area contributed by atoms with Crippen molar-refractivity contribution in [3.8, 4) is 0 Å². The van der Waals surface area contributed by atoms with Crippen LogP contribution in [-0.4, -0.2) is 37.4 Å². The number of carbonyl (C=O) groups excluding carboxylic acids is 2. The molecule has 0 aromatic heterocycles. The van der Waals surface area contributed by atoms with Crippen LogP contribution in [0.5, 0.6) is 0 Å². The van der Waals surface area contributed by atoms with Gasteiger partial charge in [0.25, 0.3) is 0 Å². The minimum absolute atomic E-state index is 0.0740. The van der Waals surface area contributed by atoms with E-state index in [1.165, 1.54) is 5.56 Å². The largest absolute Gasteiger partial charge is 0.370 e. The van der Waals surface area contributed by atoms with Gasteiger partial charge in [-0.05, 0) is 86.9 Å². The third-order valence-electron chi connectivity index (χ3n) is 6.77. The molecule has 2 N–H and O–H groups in total. The van der Waals surface area contributed by atoms with Crippen LogP contribution in [0.3, 0.4) is 0 Å². The lowest BCUT2D eigenvalue weighted by Gasteiger charge is -2.28. The Kier molecular flexibility index (Phi) is 7.48. The first-order valence-corrected chi connectivity index (χ1v) is 12.0. The number of anilines is 2. The van der Waals surface area contributed by atoms with E-state index in [2.05, 4.69) is 39.8 Å². The van der Waals surface area contributed by atoms with Gasteiger partial charge >= 0.3 is 0 Å². The molecule has 0 spiro atoms. The van der Waals surface area contributed by atoms with Gasteiger partial charge in [-0.1, -0.05) is 23.7 Å². The van der Waals surface area contributed by atoms with E-state index >= 15 is 0 Å². The standard InChI is InChI=1S/C26H32ClN3O2/c1-18(31)16-28-24-14-15-30(17-24)25-12-10-23(11-13-25)29-26(32)21-4-2-19(3-5-21)20-6-8-22(27)9-7-20/h6-13,19,21,24,28H,2-5,14-17H2,1H3,(H,29,32). The van der Waals surface area contributed by atoms with Crippen LogP contribution >= 0.6 is 11.6 Å². The van der Waals surface area contributed by atoms with Crippen molar-refractivity contribution in [3.05, 3.63) is 59.1 Å². The summed E-state index contributed by atoms with van der Waals surface area (Å²) in [4.78, 5) is 26.3. The fourth-order valence-electron chi connectivity index (χ4n) is 4.87. The maximum absolute atomic E-state index is 12.8. The van der Waals surface area contributed by atoms with Crippen LogP contribution in [0.25, 0.3) is 0 Å². The van der Waals surface area contributed by atoms with Crippen molar-refractivity contribution >= 4 is 34.7 Å². The van der Waals surface area contributed by atoms with Crippen molar-refractivity contribution in [1.29, 1.82) is 0 Å². The molecule has 32 heavy (non-hydrogen) atoms. The lowest BCUT2D eigenvalue weighted by Crippen LogP contribution is -2.35. The minimum Gasteiger partial charge on any atom is -0.370 e. The van der Waals surface area contributed by atoms with Gasteiger partial charge in [-0.15, -0.1) is 0 Å². The number of rotatable bonds is 7. The quantitative estimate of drug-likeness (QED) is 0.618. The Morgan fingerprint density at radius 2 is 1.66 bits per heavy atom. The highest BCUT2D eigenvalue weighted by molar-refractivity contribution is 6.30. The van der Waals surface area contributed by atoms with Crippen molar-refractivity contribution in [2.24, 2.45) is 5.92 Å². The summed E-state index contributed by atoms with van der Waals surface area (Å²) in [5.41, 5.74) is 3.33. The molecule has 1 saturated carbocycles. The fourth-order valence-corrected chi connectivity index (χ4v) is 5.00. The Morgan fingerprint density at radius 3 is 2.31 bits per heavy atom. The Balaban J connectivity index is 1.24. The van der Waals surface area contributed by atoms with E-state index in [0.29, 0.717) is 18.5 Å². The smallest absolute Gasteiger partial charge is 0.227 e. The van der Waals surface area contributed by atoms with Crippen LogP contribution in [0.2, 0.25) is 5.02 Å². The van der Waals surface area contributed by atoms with E-state index < -0.39 is 0 Å². The molecule has 0 bridgehead atoms. The number of benzene rings is 2. The molecule has 1 aliphatic carbocycles. The topological polar surface area (TPSA) is 61.4 Å². The summed E-state index contributed by atoms with van der Waals surface area (Å²) in [6.45, 7) is 3.91. The number of hydrogen-bond donors (Lipinski definition) is 2. The second-order valence-corrected chi connectivity index (χ2v) is 9.59. The molecule has 2 aromatic rings. The zero-order valence-electron chi connectivity index (χ0n) is 18.6. The van der Waals surface area contributed by atoms with Crippen LogP contribution in [0.1, 0.15) is 50.5 Å². The first-order valence-electron chi connectivity index (χ1n) is 11.6. The molecule has 5 nitrogen and oxygen atoms in total. The highest BCUT2D eigenvalue weighted by atomic mass is 35.5. The van der Waals surface area contributed by atoms with Crippen LogP contribution in [0.4, 0.5) is 11.4 Å². The van der Waals surface area contributed by atoms with Crippen molar-refractivity contribution in [3.63, 3.8) is 0 Å². The third kappa shape index (κ3) is 5.90. The summed E-state index contributed by atoms with van der Waals surface area (Å²) in [7, 11) is 0. The van der Waals surface area contributed by atoms with Crippen molar-refractivity contribution < 1.29 is 9.59 Å². The van der Waals surface area contributed by atoms with Crippen molar-refractivity contribution in [1.82, 2.24) is 5.32 Å². The number of hydrogen-bond acceptors (Lipinski definition) is 4. The number of nitrogens with zero attached hydrogens (tertiary/aromatic N) is 1. The number of ketones is 1. The van der Waals surface area contributed by atoms with Gasteiger partial charge in [-0.3, -0.25) is 9.59 Å². The Labute approximate surface area is 195 Å². The number of nitrogens with one attached hydrogen (secondary N) is 2. The molecule has 6 heteroatoms. The average Bonchev–Trinajstić information content (AvgIpc) is 3.28. The normalized spacial score (nSPS) is 23.2. The van der Waals surface area contributed by atoms with Gasteiger partial charge in [0.05, 0.1) is 6.54 Å². The second kappa shape index (κ2) is 10.5. The lowest BCUT2D eigenvalue weighted by atomic mass is 9.78. The number of carbonyl (C=O) groups is 2. The van der Waals surface area contributed by atoms with Crippen LogP contribution in [0.15, 0.2) is 48.5 Å². The van der Waals surface area contributed by atoms with E-state index in [0.717, 1.165) is 61.6 Å². The summed E-state index contributed by atoms with van der Waals surface area (Å²) in [6.07, 6.45) is 4.93. The van der Waals surface area contributed by atoms with Gasteiger partial charge in [-0.25, -0.2) is 0 Å². The molecule has 2 aromatic carbocycles. The monoisotopic (exact) mass is 453 g/mol. The van der Waals surface area contributed by atoms with Gasteiger partial charge in [0.1, 0.15) is 5.78 Å². The molecule has 1 aliphatic heterocycles. The highest BCUT2D eigenvalue weighted by Crippen LogP contribution is 2.36. The second-order valence-electron chi connectivity index (χ2n) is 9.15. The first kappa shape index (κ1) is 22.8. The Hall–Kier alpha value is -2.37. The summed E-state index contributed by atoms with van der Waals surface area (Å²) in [5, 5.41) is 7.19. The number of amides is 1. The zero-order chi connectivity index (χ0) is 22.5. The molecule has 1 amide bonds. The van der Waals surface area contributed by atoms with Crippen LogP contribution < -0.4 is 15.5 Å². The van der Waals surface area contributed by atoms with Gasteiger partial charge in [0.15, 0.2) is 0 Å².